The molecule has 1 fully saturated rings. The van der Waals surface area contributed by atoms with Gasteiger partial charge in [-0.15, -0.1) is 0 Å². The highest BCUT2D eigenvalue weighted by Gasteiger charge is 2.47. The van der Waals surface area contributed by atoms with Crippen molar-refractivity contribution in [2.45, 2.75) is 24.5 Å². The van der Waals surface area contributed by atoms with Gasteiger partial charge in [-0.25, -0.2) is 19.2 Å². The highest BCUT2D eigenvalue weighted by atomic mass is 32.9. The Labute approximate surface area is 146 Å². The lowest BCUT2D eigenvalue weighted by molar-refractivity contribution is -0.275. The average molecular weight is 416 g/mol. The molecule has 12 nitrogen and oxygen atoms in total. The minimum atomic E-state index is -4.85. The fourth-order valence-electron chi connectivity index (χ4n) is 2.03. The predicted octanol–water partition coefficient (Wildman–Crippen LogP) is -2.63. The molecule has 0 radical (unpaired) electrons. The monoisotopic (exact) mass is 416 g/mol. The van der Waals surface area contributed by atoms with E-state index in [9.17, 15) is 34.5 Å². The van der Waals surface area contributed by atoms with Crippen LogP contribution in [0.25, 0.3) is 0 Å². The number of nitrogens with zero attached hydrogens (tertiary/aromatic N) is 2. The summed E-state index contributed by atoms with van der Waals surface area (Å²) in [6.07, 6.45) is -4.89. The number of aliphatic hydroxyl groups excluding tert-OH is 2. The molecule has 0 aromatic carbocycles. The van der Waals surface area contributed by atoms with Crippen molar-refractivity contribution < 1.29 is 43.5 Å². The third-order valence-corrected chi connectivity index (χ3v) is 9.74. The van der Waals surface area contributed by atoms with Crippen LogP contribution in [0.3, 0.4) is 0 Å². The van der Waals surface area contributed by atoms with Crippen molar-refractivity contribution in [3.8, 4) is 5.88 Å². The highest BCUT2D eigenvalue weighted by molar-refractivity contribution is 8.66. The molecule has 0 saturated carbocycles. The number of rotatable bonds is 6. The summed E-state index contributed by atoms with van der Waals surface area (Å²) in [6, 6.07) is 0.952. The molecule has 1 aliphatic rings. The second-order valence-electron chi connectivity index (χ2n) is 4.94. The van der Waals surface area contributed by atoms with Crippen molar-refractivity contribution in [2.24, 2.45) is 0 Å². The molecule has 15 heteroatoms. The fraction of sp³-hybridized carbons (Fsp3) is 0.600. The molecule has 0 amide bonds. The maximum Gasteiger partial charge on any atom is 0.349 e. The van der Waals surface area contributed by atoms with E-state index in [1.54, 1.807) is 0 Å². The molecule has 1 saturated heterocycles. The van der Waals surface area contributed by atoms with Crippen molar-refractivity contribution >= 4 is 26.1 Å². The second kappa shape index (κ2) is 7.57. The molecule has 25 heavy (non-hydrogen) atoms. The van der Waals surface area contributed by atoms with E-state index in [2.05, 4.69) is 21.8 Å². The molecule has 6 atom stereocenters. The van der Waals surface area contributed by atoms with Gasteiger partial charge in [-0.2, -0.15) is 0 Å². The summed E-state index contributed by atoms with van der Waals surface area (Å²) in [6.45, 7) is -5.08. The van der Waals surface area contributed by atoms with Crippen molar-refractivity contribution in [3.63, 3.8) is 0 Å². The zero-order valence-electron chi connectivity index (χ0n) is 12.6. The van der Waals surface area contributed by atoms with Crippen LogP contribution in [0.1, 0.15) is 6.23 Å². The summed E-state index contributed by atoms with van der Waals surface area (Å²) in [5.74, 6) is -0.791. The van der Waals surface area contributed by atoms with Crippen molar-refractivity contribution in [1.29, 1.82) is 0 Å². The highest BCUT2D eigenvalue weighted by Crippen LogP contribution is 2.82. The van der Waals surface area contributed by atoms with E-state index < -0.39 is 56.6 Å². The summed E-state index contributed by atoms with van der Waals surface area (Å²) in [5.41, 5.74) is -1.01. The molecule has 1 aromatic heterocycles. The van der Waals surface area contributed by atoms with Gasteiger partial charge in [0.2, 0.25) is 6.61 Å². The van der Waals surface area contributed by atoms with Gasteiger partial charge in [-0.05, 0) is 11.9 Å². The molecular formula is C10H14N2O10P2S-2. The molecule has 1 aromatic rings. The maximum absolute atomic E-state index is 11.7. The zero-order valence-corrected chi connectivity index (χ0v) is 15.2. The standard InChI is InChI=1S/C10H16N2O10P2S/c1-20-23(17,18)24(19,25)21-4-5-7(14)8(15)9(22-5)12-3-2-6(13)11-10(12)16/h2-3,5,7-9,14-15H,4H2,1H3,(H,17,18)(H,19,25)(H,11,13,16)/p-2/t5-,7-,8-,9-,24?/m1/s1. The van der Waals surface area contributed by atoms with Crippen LogP contribution in [0.5, 0.6) is 5.88 Å². The number of aromatic nitrogens is 2. The zero-order chi connectivity index (χ0) is 19.0. The van der Waals surface area contributed by atoms with Crippen LogP contribution in [-0.2, 0) is 30.6 Å². The van der Waals surface area contributed by atoms with Gasteiger partial charge in [0.15, 0.2) is 6.23 Å². The van der Waals surface area contributed by atoms with E-state index in [0.717, 1.165) is 23.9 Å². The minimum absolute atomic E-state index is 0.695. The Kier molecular flexibility index (Phi) is 6.27. The van der Waals surface area contributed by atoms with E-state index in [1.807, 2.05) is 0 Å². The molecule has 2 heterocycles. The molecule has 142 valence electrons. The third kappa shape index (κ3) is 4.22. The van der Waals surface area contributed by atoms with Crippen LogP contribution < -0.4 is 15.7 Å². The van der Waals surface area contributed by atoms with E-state index >= 15 is 0 Å². The maximum atomic E-state index is 11.7. The second-order valence-corrected chi connectivity index (χ2v) is 12.9. The summed E-state index contributed by atoms with van der Waals surface area (Å²) in [5, 5.41) is 31.0. The van der Waals surface area contributed by atoms with E-state index in [0.29, 0.717) is 0 Å². The Bertz CT molecular complexity index is 730. The Morgan fingerprint density at radius 2 is 2.16 bits per heavy atom. The summed E-state index contributed by atoms with van der Waals surface area (Å²) in [4.78, 5) is 36.0. The van der Waals surface area contributed by atoms with Crippen molar-refractivity contribution in [2.75, 3.05) is 13.7 Å². The Hall–Kier alpha value is -0.590. The lowest BCUT2D eigenvalue weighted by Crippen LogP contribution is -2.36. The van der Waals surface area contributed by atoms with Crippen molar-refractivity contribution in [3.05, 3.63) is 22.7 Å². The van der Waals surface area contributed by atoms with Gasteiger partial charge in [0.25, 0.3) is 0 Å². The van der Waals surface area contributed by atoms with Gasteiger partial charge in [0, 0.05) is 13.3 Å². The van der Waals surface area contributed by atoms with Crippen LogP contribution in [0.4, 0.5) is 0 Å². The van der Waals surface area contributed by atoms with Crippen LogP contribution in [0, 0.1) is 0 Å². The average Bonchev–Trinajstić information content (AvgIpc) is 2.81. The molecule has 3 N–H and O–H groups in total. The summed E-state index contributed by atoms with van der Waals surface area (Å²) in [7, 11) is -4.05. The molecule has 2 rings (SSSR count). The van der Waals surface area contributed by atoms with Crippen LogP contribution >= 0.6 is 13.9 Å². The Morgan fingerprint density at radius 3 is 2.72 bits per heavy atom. The lowest BCUT2D eigenvalue weighted by Gasteiger charge is -2.33. The molecule has 0 spiro atoms. The third-order valence-electron chi connectivity index (χ3n) is 3.36. The van der Waals surface area contributed by atoms with Crippen LogP contribution in [0.2, 0.25) is 0 Å². The quantitative estimate of drug-likeness (QED) is 0.324. The van der Waals surface area contributed by atoms with Gasteiger partial charge < -0.3 is 41.7 Å². The van der Waals surface area contributed by atoms with Gasteiger partial charge in [0.05, 0.1) is 0 Å². The molecular weight excluding hydrogens is 402 g/mol. The fourth-order valence-corrected chi connectivity index (χ4v) is 4.75. The summed E-state index contributed by atoms with van der Waals surface area (Å²) < 4.78 is 26.4. The number of aliphatic hydroxyl groups is 2. The van der Waals surface area contributed by atoms with Gasteiger partial charge in [-0.3, -0.25) is 9.13 Å². The molecule has 0 bridgehead atoms. The van der Waals surface area contributed by atoms with Gasteiger partial charge in [-0.1, -0.05) is 0 Å². The van der Waals surface area contributed by atoms with Crippen molar-refractivity contribution in [1.82, 2.24) is 9.55 Å². The van der Waals surface area contributed by atoms with Gasteiger partial charge in [0.1, 0.15) is 24.9 Å². The predicted molar refractivity (Wildman–Crippen MR) is 80.9 cm³/mol. The Morgan fingerprint density at radius 1 is 1.52 bits per heavy atom. The lowest BCUT2D eigenvalue weighted by atomic mass is 10.1. The SMILES string of the molecule is COP(=O)([O-])[P+](O)([S-])OC[C@H]1O[C@@H](n2ccc([O-])nc2=O)[C@H](O)[C@@H]1O. The molecule has 2 unspecified atom stereocenters. The first-order valence-electron chi connectivity index (χ1n) is 6.62. The van der Waals surface area contributed by atoms with Crippen LogP contribution in [-0.4, -0.2) is 56.7 Å². The van der Waals surface area contributed by atoms with Gasteiger partial charge >= 0.3 is 13.0 Å². The number of hydrogen-bond acceptors (Lipinski definition) is 12. The summed E-state index contributed by atoms with van der Waals surface area (Å²) >= 11 is 4.48. The molecule has 1 aliphatic heterocycles. The number of ether oxygens (including phenoxy) is 1. The van der Waals surface area contributed by atoms with E-state index in [1.165, 1.54) is 0 Å². The van der Waals surface area contributed by atoms with Crippen LogP contribution in [0.15, 0.2) is 17.1 Å². The normalized spacial score (nSPS) is 31.4. The first-order valence-corrected chi connectivity index (χ1v) is 11.5. The topological polar surface area (TPSA) is 186 Å². The first-order chi connectivity index (χ1) is 11.5. The Balaban J connectivity index is 2.12. The largest absolute Gasteiger partial charge is 0.858 e. The smallest absolute Gasteiger partial charge is 0.349 e. The first kappa shape index (κ1) is 20.7. The molecule has 0 aliphatic carbocycles. The van der Waals surface area contributed by atoms with E-state index in [-0.39, 0.29) is 0 Å². The number of hydrogen-bond donors (Lipinski definition) is 3. The minimum Gasteiger partial charge on any atom is -0.858 e. The van der Waals surface area contributed by atoms with E-state index in [4.69, 9.17) is 9.26 Å².